The molecule has 82 valence electrons. The summed E-state index contributed by atoms with van der Waals surface area (Å²) >= 11 is 0. The van der Waals surface area contributed by atoms with Crippen molar-refractivity contribution in [2.45, 2.75) is 6.61 Å². The van der Waals surface area contributed by atoms with Crippen molar-refractivity contribution in [2.75, 3.05) is 13.8 Å². The Morgan fingerprint density at radius 3 is 2.33 bits per heavy atom. The van der Waals surface area contributed by atoms with Crippen molar-refractivity contribution in [2.24, 2.45) is 0 Å². The average molecular weight is 211 g/mol. The van der Waals surface area contributed by atoms with Crippen LogP contribution in [0, 0.1) is 0 Å². The molecular weight excluding hydrogens is 198 g/mol. The standard InChI is InChI=1S/C10H13NO4/c1-15-11(7-13)10(14)9-4-2-8(6-12)3-5-9/h2-5,12-13H,6-7H2,1H3. The Labute approximate surface area is 87.5 Å². The number of rotatable bonds is 4. The van der Waals surface area contributed by atoms with Gasteiger partial charge in [-0.3, -0.25) is 9.63 Å². The first-order chi connectivity index (χ1) is 7.22. The van der Waals surface area contributed by atoms with Crippen molar-refractivity contribution in [3.63, 3.8) is 0 Å². The highest BCUT2D eigenvalue weighted by molar-refractivity contribution is 5.93. The Morgan fingerprint density at radius 1 is 1.33 bits per heavy atom. The smallest absolute Gasteiger partial charge is 0.279 e. The molecule has 0 aromatic heterocycles. The van der Waals surface area contributed by atoms with Gasteiger partial charge < -0.3 is 10.2 Å². The van der Waals surface area contributed by atoms with Crippen molar-refractivity contribution in [3.8, 4) is 0 Å². The molecule has 0 radical (unpaired) electrons. The lowest BCUT2D eigenvalue weighted by molar-refractivity contribution is -0.135. The van der Waals surface area contributed by atoms with Gasteiger partial charge in [-0.15, -0.1) is 0 Å². The maximum absolute atomic E-state index is 11.6. The Bertz CT molecular complexity index is 319. The van der Waals surface area contributed by atoms with Gasteiger partial charge in [-0.05, 0) is 17.7 Å². The highest BCUT2D eigenvalue weighted by Crippen LogP contribution is 2.07. The predicted molar refractivity (Wildman–Crippen MR) is 52.6 cm³/mol. The van der Waals surface area contributed by atoms with Gasteiger partial charge in [0.05, 0.1) is 13.7 Å². The minimum Gasteiger partial charge on any atom is -0.392 e. The number of carbonyl (C=O) groups is 1. The minimum atomic E-state index is -0.503. The van der Waals surface area contributed by atoms with E-state index in [4.69, 9.17) is 10.2 Å². The van der Waals surface area contributed by atoms with Gasteiger partial charge in [0.1, 0.15) is 6.73 Å². The van der Waals surface area contributed by atoms with Crippen LogP contribution in [0.5, 0.6) is 0 Å². The molecule has 1 aromatic rings. The van der Waals surface area contributed by atoms with Crippen LogP contribution >= 0.6 is 0 Å². The second kappa shape index (κ2) is 5.45. The van der Waals surface area contributed by atoms with Crippen LogP contribution in [0.1, 0.15) is 15.9 Å². The summed E-state index contributed by atoms with van der Waals surface area (Å²) in [4.78, 5) is 16.2. The number of benzene rings is 1. The summed E-state index contributed by atoms with van der Waals surface area (Å²) < 4.78 is 0. The highest BCUT2D eigenvalue weighted by atomic mass is 16.7. The zero-order valence-corrected chi connectivity index (χ0v) is 8.38. The second-order valence-electron chi connectivity index (χ2n) is 2.86. The lowest BCUT2D eigenvalue weighted by Crippen LogP contribution is -2.30. The molecule has 0 saturated heterocycles. The van der Waals surface area contributed by atoms with Gasteiger partial charge in [0.25, 0.3) is 5.91 Å². The van der Waals surface area contributed by atoms with Crippen molar-refractivity contribution >= 4 is 5.91 Å². The molecule has 5 nitrogen and oxygen atoms in total. The van der Waals surface area contributed by atoms with Crippen LogP contribution in [-0.4, -0.2) is 35.0 Å². The topological polar surface area (TPSA) is 70.0 Å². The summed E-state index contributed by atoms with van der Waals surface area (Å²) in [6, 6.07) is 6.40. The molecule has 0 aliphatic carbocycles. The van der Waals surface area contributed by atoms with E-state index in [0.29, 0.717) is 5.56 Å². The molecule has 0 heterocycles. The first kappa shape index (κ1) is 11.6. The van der Waals surface area contributed by atoms with E-state index in [0.717, 1.165) is 10.6 Å². The van der Waals surface area contributed by atoms with Gasteiger partial charge in [0, 0.05) is 5.56 Å². The zero-order valence-electron chi connectivity index (χ0n) is 8.38. The summed E-state index contributed by atoms with van der Waals surface area (Å²) in [5.74, 6) is -0.426. The third kappa shape index (κ3) is 2.76. The molecule has 15 heavy (non-hydrogen) atoms. The van der Waals surface area contributed by atoms with Crippen LogP contribution in [0.3, 0.4) is 0 Å². The van der Waals surface area contributed by atoms with Crippen LogP contribution < -0.4 is 0 Å². The number of aliphatic hydroxyl groups excluding tert-OH is 2. The molecule has 1 aromatic carbocycles. The lowest BCUT2D eigenvalue weighted by Gasteiger charge is -2.16. The Balaban J connectivity index is 2.82. The van der Waals surface area contributed by atoms with Crippen molar-refractivity contribution in [3.05, 3.63) is 35.4 Å². The van der Waals surface area contributed by atoms with Crippen LogP contribution in [0.4, 0.5) is 0 Å². The van der Waals surface area contributed by atoms with E-state index in [9.17, 15) is 4.79 Å². The van der Waals surface area contributed by atoms with Crippen molar-refractivity contribution in [1.82, 2.24) is 5.06 Å². The quantitative estimate of drug-likeness (QED) is 0.548. The first-order valence-electron chi connectivity index (χ1n) is 4.39. The molecule has 1 amide bonds. The van der Waals surface area contributed by atoms with Gasteiger partial charge in [-0.25, -0.2) is 0 Å². The number of carbonyl (C=O) groups excluding carboxylic acids is 1. The predicted octanol–water partition coefficient (Wildman–Crippen LogP) is 0.132. The molecule has 0 unspecified atom stereocenters. The fourth-order valence-corrected chi connectivity index (χ4v) is 1.10. The minimum absolute atomic E-state index is 0.0670. The number of amides is 1. The van der Waals surface area contributed by atoms with E-state index in [1.54, 1.807) is 24.3 Å². The number of aliphatic hydroxyl groups is 2. The summed E-state index contributed by atoms with van der Waals surface area (Å²) in [7, 11) is 1.30. The summed E-state index contributed by atoms with van der Waals surface area (Å²) in [5, 5.41) is 18.4. The summed E-state index contributed by atoms with van der Waals surface area (Å²) in [6.07, 6.45) is 0. The maximum atomic E-state index is 11.6. The Morgan fingerprint density at radius 2 is 1.93 bits per heavy atom. The number of hydrogen-bond acceptors (Lipinski definition) is 4. The van der Waals surface area contributed by atoms with Gasteiger partial charge in [0.2, 0.25) is 0 Å². The van der Waals surface area contributed by atoms with Gasteiger partial charge in [-0.2, -0.15) is 5.06 Å². The number of hydrogen-bond donors (Lipinski definition) is 2. The first-order valence-corrected chi connectivity index (χ1v) is 4.39. The molecule has 1 rings (SSSR count). The van der Waals surface area contributed by atoms with Gasteiger partial charge >= 0.3 is 0 Å². The van der Waals surface area contributed by atoms with Crippen LogP contribution in [-0.2, 0) is 11.4 Å². The van der Waals surface area contributed by atoms with Gasteiger partial charge in [-0.1, -0.05) is 12.1 Å². The normalized spacial score (nSPS) is 10.1. The molecule has 0 atom stereocenters. The largest absolute Gasteiger partial charge is 0.392 e. The molecule has 0 fully saturated rings. The molecule has 0 bridgehead atoms. The van der Waals surface area contributed by atoms with Crippen LogP contribution in [0.2, 0.25) is 0 Å². The van der Waals surface area contributed by atoms with E-state index in [1.165, 1.54) is 7.11 Å². The molecule has 0 aliphatic heterocycles. The second-order valence-corrected chi connectivity index (χ2v) is 2.86. The van der Waals surface area contributed by atoms with E-state index < -0.39 is 12.6 Å². The van der Waals surface area contributed by atoms with Crippen LogP contribution in [0.15, 0.2) is 24.3 Å². The molecule has 5 heteroatoms. The molecule has 0 aliphatic rings. The fourth-order valence-electron chi connectivity index (χ4n) is 1.10. The van der Waals surface area contributed by atoms with E-state index in [-0.39, 0.29) is 6.61 Å². The van der Waals surface area contributed by atoms with E-state index >= 15 is 0 Å². The van der Waals surface area contributed by atoms with E-state index in [1.807, 2.05) is 0 Å². The van der Waals surface area contributed by atoms with Crippen LogP contribution in [0.25, 0.3) is 0 Å². The number of nitrogens with zero attached hydrogens (tertiary/aromatic N) is 1. The third-order valence-corrected chi connectivity index (χ3v) is 1.96. The molecule has 2 N–H and O–H groups in total. The highest BCUT2D eigenvalue weighted by Gasteiger charge is 2.13. The Hall–Kier alpha value is -1.43. The molecule has 0 saturated carbocycles. The van der Waals surface area contributed by atoms with Gasteiger partial charge in [0.15, 0.2) is 0 Å². The van der Waals surface area contributed by atoms with Crippen molar-refractivity contribution < 1.29 is 19.8 Å². The fraction of sp³-hybridized carbons (Fsp3) is 0.300. The SMILES string of the molecule is CON(CO)C(=O)c1ccc(CO)cc1. The average Bonchev–Trinajstić information content (AvgIpc) is 2.30. The molecule has 0 spiro atoms. The third-order valence-electron chi connectivity index (χ3n) is 1.96. The zero-order chi connectivity index (χ0) is 11.3. The van der Waals surface area contributed by atoms with Crippen molar-refractivity contribution in [1.29, 1.82) is 0 Å². The maximum Gasteiger partial charge on any atom is 0.279 e. The number of hydroxylamine groups is 2. The summed E-state index contributed by atoms with van der Waals surface area (Å²) in [6.45, 7) is -0.570. The Kier molecular flexibility index (Phi) is 4.23. The monoisotopic (exact) mass is 211 g/mol. The molecular formula is C10H13NO4. The van der Waals surface area contributed by atoms with E-state index in [2.05, 4.69) is 4.84 Å². The lowest BCUT2D eigenvalue weighted by atomic mass is 10.1. The summed E-state index contributed by atoms with van der Waals surface area (Å²) in [5.41, 5.74) is 1.11.